The number of nitrogens with zero attached hydrogens (tertiary/aromatic N) is 1. The molecule has 186 valence electrons. The SMILES string of the molecule is C[C@@H]1C/C=C\C[C@@H](c2cccc(Cl)c2)NC(=O)[C@@H](Cc2ccccc2)N(C)C(=O)c2ccccc2O1. The van der Waals surface area contributed by atoms with E-state index in [1.54, 1.807) is 19.2 Å². The Kier molecular flexibility index (Phi) is 8.44. The number of carbonyl (C=O) groups excluding carboxylic acids is 2. The summed E-state index contributed by atoms with van der Waals surface area (Å²) in [5, 5.41) is 3.81. The third kappa shape index (κ3) is 6.35. The van der Waals surface area contributed by atoms with Crippen molar-refractivity contribution >= 4 is 23.4 Å². The van der Waals surface area contributed by atoms with Crippen molar-refractivity contribution in [3.05, 3.63) is 113 Å². The van der Waals surface area contributed by atoms with Crippen LogP contribution in [-0.4, -0.2) is 35.9 Å². The first-order chi connectivity index (χ1) is 17.4. The highest BCUT2D eigenvalue weighted by molar-refractivity contribution is 6.30. The van der Waals surface area contributed by atoms with E-state index in [0.29, 0.717) is 35.6 Å². The molecule has 1 aliphatic rings. The van der Waals surface area contributed by atoms with Gasteiger partial charge in [-0.25, -0.2) is 0 Å². The van der Waals surface area contributed by atoms with E-state index in [1.165, 1.54) is 4.90 Å². The van der Waals surface area contributed by atoms with Gasteiger partial charge in [-0.15, -0.1) is 0 Å². The fraction of sp³-hybridized carbons (Fsp3) is 0.267. The molecular formula is C30H31ClN2O3. The summed E-state index contributed by atoms with van der Waals surface area (Å²) in [5.74, 6) is 0.0284. The minimum absolute atomic E-state index is 0.122. The topological polar surface area (TPSA) is 58.6 Å². The molecular weight excluding hydrogens is 472 g/mol. The van der Waals surface area contributed by atoms with Crippen LogP contribution in [0.4, 0.5) is 0 Å². The molecule has 0 aliphatic carbocycles. The monoisotopic (exact) mass is 502 g/mol. The van der Waals surface area contributed by atoms with Gasteiger partial charge >= 0.3 is 0 Å². The van der Waals surface area contributed by atoms with Crippen LogP contribution in [0, 0.1) is 0 Å². The van der Waals surface area contributed by atoms with E-state index >= 15 is 0 Å². The Bertz CT molecular complexity index is 1230. The van der Waals surface area contributed by atoms with Crippen LogP contribution in [0.2, 0.25) is 5.02 Å². The molecule has 2 amide bonds. The van der Waals surface area contributed by atoms with E-state index in [0.717, 1.165) is 11.1 Å². The first-order valence-corrected chi connectivity index (χ1v) is 12.6. The lowest BCUT2D eigenvalue weighted by Crippen LogP contribution is -2.49. The normalized spacial score (nSPS) is 22.1. The summed E-state index contributed by atoms with van der Waals surface area (Å²) in [4.78, 5) is 29.0. The zero-order chi connectivity index (χ0) is 25.5. The van der Waals surface area contributed by atoms with E-state index in [1.807, 2.05) is 73.7 Å². The number of benzene rings is 3. The van der Waals surface area contributed by atoms with Crippen LogP contribution in [0.15, 0.2) is 91.0 Å². The van der Waals surface area contributed by atoms with Crippen molar-refractivity contribution < 1.29 is 14.3 Å². The van der Waals surface area contributed by atoms with E-state index in [-0.39, 0.29) is 24.0 Å². The molecule has 1 aliphatic heterocycles. The average Bonchev–Trinajstić information content (AvgIpc) is 2.88. The Hall–Kier alpha value is -3.57. The van der Waals surface area contributed by atoms with Crippen LogP contribution in [0.25, 0.3) is 0 Å². The van der Waals surface area contributed by atoms with Crippen molar-refractivity contribution in [1.82, 2.24) is 10.2 Å². The number of hydrogen-bond acceptors (Lipinski definition) is 3. The minimum Gasteiger partial charge on any atom is -0.490 e. The van der Waals surface area contributed by atoms with Crippen LogP contribution in [-0.2, 0) is 11.2 Å². The average molecular weight is 503 g/mol. The summed E-state index contributed by atoms with van der Waals surface area (Å²) >= 11 is 6.26. The van der Waals surface area contributed by atoms with Crippen LogP contribution in [0.1, 0.15) is 47.3 Å². The second-order valence-corrected chi connectivity index (χ2v) is 9.54. The maximum Gasteiger partial charge on any atom is 0.258 e. The summed E-state index contributed by atoms with van der Waals surface area (Å²) in [6.07, 6.45) is 5.63. The highest BCUT2D eigenvalue weighted by Gasteiger charge is 2.31. The molecule has 0 radical (unpaired) electrons. The summed E-state index contributed by atoms with van der Waals surface area (Å²) in [6.45, 7) is 1.98. The number of nitrogens with one attached hydrogen (secondary N) is 1. The van der Waals surface area contributed by atoms with E-state index in [9.17, 15) is 9.59 Å². The third-order valence-corrected chi connectivity index (χ3v) is 6.62. The number of hydrogen-bond donors (Lipinski definition) is 1. The highest BCUT2D eigenvalue weighted by Crippen LogP contribution is 2.26. The van der Waals surface area contributed by atoms with Crippen molar-refractivity contribution in [2.24, 2.45) is 0 Å². The zero-order valence-electron chi connectivity index (χ0n) is 20.6. The van der Waals surface area contributed by atoms with E-state index < -0.39 is 6.04 Å². The van der Waals surface area contributed by atoms with Gasteiger partial charge in [-0.1, -0.05) is 78.4 Å². The first kappa shape index (κ1) is 25.5. The van der Waals surface area contributed by atoms with Gasteiger partial charge in [0.05, 0.1) is 17.7 Å². The number of rotatable bonds is 3. The third-order valence-electron chi connectivity index (χ3n) is 6.38. The number of fused-ring (bicyclic) bond motifs is 1. The van der Waals surface area contributed by atoms with Gasteiger partial charge in [0.1, 0.15) is 11.8 Å². The number of amides is 2. The largest absolute Gasteiger partial charge is 0.490 e. The Labute approximate surface area is 217 Å². The van der Waals surface area contributed by atoms with Crippen molar-refractivity contribution in [2.75, 3.05) is 7.05 Å². The maximum absolute atomic E-state index is 13.8. The summed E-state index contributed by atoms with van der Waals surface area (Å²) in [5.41, 5.74) is 2.32. The number of para-hydroxylation sites is 1. The molecule has 3 atom stereocenters. The molecule has 0 bridgehead atoms. The first-order valence-electron chi connectivity index (χ1n) is 12.2. The molecule has 0 spiro atoms. The molecule has 5 nitrogen and oxygen atoms in total. The highest BCUT2D eigenvalue weighted by atomic mass is 35.5. The van der Waals surface area contributed by atoms with Gasteiger partial charge in [0.2, 0.25) is 5.91 Å². The molecule has 4 rings (SSSR count). The van der Waals surface area contributed by atoms with Crippen molar-refractivity contribution in [3.63, 3.8) is 0 Å². The quantitative estimate of drug-likeness (QED) is 0.447. The van der Waals surface area contributed by atoms with Crippen LogP contribution < -0.4 is 10.1 Å². The van der Waals surface area contributed by atoms with Gasteiger partial charge in [0, 0.05) is 24.9 Å². The Morgan fingerprint density at radius 3 is 2.44 bits per heavy atom. The molecule has 36 heavy (non-hydrogen) atoms. The summed E-state index contributed by atoms with van der Waals surface area (Å²) < 4.78 is 6.15. The van der Waals surface area contributed by atoms with Gasteiger partial charge in [0.25, 0.3) is 5.91 Å². The molecule has 0 saturated carbocycles. The van der Waals surface area contributed by atoms with Crippen molar-refractivity contribution in [3.8, 4) is 5.75 Å². The molecule has 6 heteroatoms. The van der Waals surface area contributed by atoms with Crippen LogP contribution in [0.5, 0.6) is 5.75 Å². The number of halogens is 1. The molecule has 0 aromatic heterocycles. The van der Waals surface area contributed by atoms with E-state index in [4.69, 9.17) is 16.3 Å². The minimum atomic E-state index is -0.723. The molecule has 0 unspecified atom stereocenters. The fourth-order valence-electron chi connectivity index (χ4n) is 4.38. The van der Waals surface area contributed by atoms with Gasteiger partial charge in [-0.3, -0.25) is 9.59 Å². The van der Waals surface area contributed by atoms with Crippen molar-refractivity contribution in [1.29, 1.82) is 0 Å². The van der Waals surface area contributed by atoms with Crippen LogP contribution in [0.3, 0.4) is 0 Å². The lowest BCUT2D eigenvalue weighted by Gasteiger charge is -2.30. The van der Waals surface area contributed by atoms with Gasteiger partial charge in [-0.2, -0.15) is 0 Å². The predicted molar refractivity (Wildman–Crippen MR) is 143 cm³/mol. The second kappa shape index (κ2) is 11.9. The summed E-state index contributed by atoms with van der Waals surface area (Å²) in [7, 11) is 1.68. The lowest BCUT2D eigenvalue weighted by molar-refractivity contribution is -0.126. The molecule has 1 heterocycles. The van der Waals surface area contributed by atoms with E-state index in [2.05, 4.69) is 17.5 Å². The standard InChI is InChI=1S/C30H31ClN2O3/c1-21-11-6-8-17-26(23-14-10-15-24(31)20-23)32-29(34)27(19-22-12-4-3-5-13-22)33(2)30(35)25-16-7-9-18-28(25)36-21/h3-10,12-16,18,20-21,26-27H,11,17,19H2,1-2H3,(H,32,34)/b8-6-/t21-,26+,27-/m1/s1. The van der Waals surface area contributed by atoms with Gasteiger partial charge < -0.3 is 15.0 Å². The molecule has 3 aromatic rings. The molecule has 3 aromatic carbocycles. The number of likely N-dealkylation sites (N-methyl/N-ethyl adjacent to an activating group) is 1. The molecule has 1 N–H and O–H groups in total. The molecule has 0 saturated heterocycles. The fourth-order valence-corrected chi connectivity index (χ4v) is 4.57. The zero-order valence-corrected chi connectivity index (χ0v) is 21.3. The Morgan fingerprint density at radius 1 is 0.944 bits per heavy atom. The Balaban J connectivity index is 1.73. The van der Waals surface area contributed by atoms with Gasteiger partial charge in [0.15, 0.2) is 0 Å². The maximum atomic E-state index is 13.8. The number of ether oxygens (including phenoxy) is 1. The molecule has 0 fully saturated rings. The summed E-state index contributed by atoms with van der Waals surface area (Å²) in [6, 6.07) is 23.4. The second-order valence-electron chi connectivity index (χ2n) is 9.11. The predicted octanol–water partition coefficient (Wildman–Crippen LogP) is 6.00. The van der Waals surface area contributed by atoms with Gasteiger partial charge in [-0.05, 0) is 48.7 Å². The smallest absolute Gasteiger partial charge is 0.258 e. The van der Waals surface area contributed by atoms with Crippen LogP contribution >= 0.6 is 11.6 Å². The van der Waals surface area contributed by atoms with Crippen molar-refractivity contribution in [2.45, 2.75) is 44.4 Å². The lowest BCUT2D eigenvalue weighted by atomic mass is 9.99. The Morgan fingerprint density at radius 2 is 1.67 bits per heavy atom. The number of carbonyl (C=O) groups is 2.